The number of nitrogens with two attached hydrogens (primary N) is 1. The van der Waals surface area contributed by atoms with E-state index in [9.17, 15) is 4.79 Å². The lowest BCUT2D eigenvalue weighted by Gasteiger charge is -2.17. The molecule has 0 aliphatic carbocycles. The van der Waals surface area contributed by atoms with E-state index in [4.69, 9.17) is 5.73 Å². The maximum atomic E-state index is 11.9. The highest BCUT2D eigenvalue weighted by molar-refractivity contribution is 7.99. The Balaban J connectivity index is 2.66. The second-order valence-corrected chi connectivity index (χ2v) is 5.70. The molecule has 0 aliphatic heterocycles. The number of carbonyl (C=O) groups is 1. The van der Waals surface area contributed by atoms with E-state index in [0.29, 0.717) is 0 Å². The highest BCUT2D eigenvalue weighted by Crippen LogP contribution is 2.21. The van der Waals surface area contributed by atoms with Crippen LogP contribution in [0, 0.1) is 5.92 Å². The zero-order chi connectivity index (χ0) is 13.5. The molecule has 1 amide bonds. The fraction of sp³-hybridized carbons (Fsp3) is 0.500. The molecule has 1 aromatic carbocycles. The molecule has 1 aromatic rings. The Kier molecular flexibility index (Phi) is 6.22. The van der Waals surface area contributed by atoms with Gasteiger partial charge in [-0.15, -0.1) is 11.8 Å². The predicted octanol–water partition coefficient (Wildman–Crippen LogP) is 3.11. The zero-order valence-corrected chi connectivity index (χ0v) is 12.1. The molecule has 0 aliphatic rings. The summed E-state index contributed by atoms with van der Waals surface area (Å²) in [5, 5.41) is 2.88. The molecule has 0 bridgehead atoms. The number of benzene rings is 1. The van der Waals surface area contributed by atoms with Crippen molar-refractivity contribution in [3.8, 4) is 0 Å². The van der Waals surface area contributed by atoms with Gasteiger partial charge in [-0.05, 0) is 29.9 Å². The molecule has 0 fully saturated rings. The van der Waals surface area contributed by atoms with Crippen molar-refractivity contribution in [3.63, 3.8) is 0 Å². The van der Waals surface area contributed by atoms with E-state index < -0.39 is 6.04 Å². The summed E-state index contributed by atoms with van der Waals surface area (Å²) < 4.78 is 0. The van der Waals surface area contributed by atoms with Crippen LogP contribution in [0.25, 0.3) is 0 Å². The van der Waals surface area contributed by atoms with Crippen molar-refractivity contribution in [1.29, 1.82) is 0 Å². The van der Waals surface area contributed by atoms with Crippen LogP contribution in [0.2, 0.25) is 0 Å². The standard InChI is InChI=1S/C14H22N2OS/c1-4-10(3)13(15)14(17)16-11-7-6-8-12(9-11)18-5-2/h6-10,13H,4-5,15H2,1-3H3,(H,16,17). The fourth-order valence-corrected chi connectivity index (χ4v) is 2.29. The van der Waals surface area contributed by atoms with Crippen LogP contribution in [0.15, 0.2) is 29.2 Å². The van der Waals surface area contributed by atoms with Crippen molar-refractivity contribution in [2.75, 3.05) is 11.1 Å². The van der Waals surface area contributed by atoms with Crippen molar-refractivity contribution in [2.24, 2.45) is 11.7 Å². The van der Waals surface area contributed by atoms with Crippen molar-refractivity contribution >= 4 is 23.4 Å². The van der Waals surface area contributed by atoms with Crippen LogP contribution in [-0.2, 0) is 4.79 Å². The molecule has 1 rings (SSSR count). The summed E-state index contributed by atoms with van der Waals surface area (Å²) in [4.78, 5) is 13.1. The van der Waals surface area contributed by atoms with Crippen LogP contribution < -0.4 is 11.1 Å². The van der Waals surface area contributed by atoms with E-state index in [1.807, 2.05) is 38.1 Å². The predicted molar refractivity (Wildman–Crippen MR) is 78.9 cm³/mol. The van der Waals surface area contributed by atoms with Crippen LogP contribution in [0.1, 0.15) is 27.2 Å². The quantitative estimate of drug-likeness (QED) is 0.778. The van der Waals surface area contributed by atoms with Crippen molar-refractivity contribution in [2.45, 2.75) is 38.1 Å². The number of rotatable bonds is 6. The largest absolute Gasteiger partial charge is 0.325 e. The monoisotopic (exact) mass is 266 g/mol. The molecule has 18 heavy (non-hydrogen) atoms. The van der Waals surface area contributed by atoms with Gasteiger partial charge in [0.25, 0.3) is 0 Å². The minimum absolute atomic E-state index is 0.108. The first kappa shape index (κ1) is 15.1. The van der Waals surface area contributed by atoms with E-state index in [1.165, 1.54) is 0 Å². The van der Waals surface area contributed by atoms with Gasteiger partial charge in [0.1, 0.15) is 0 Å². The van der Waals surface area contributed by atoms with Crippen LogP contribution >= 0.6 is 11.8 Å². The third kappa shape index (κ3) is 4.35. The molecular formula is C14H22N2OS. The molecule has 0 saturated heterocycles. The van der Waals surface area contributed by atoms with Gasteiger partial charge in [0, 0.05) is 10.6 Å². The van der Waals surface area contributed by atoms with E-state index in [2.05, 4.69) is 12.2 Å². The van der Waals surface area contributed by atoms with Crippen LogP contribution in [0.3, 0.4) is 0 Å². The molecular weight excluding hydrogens is 244 g/mol. The van der Waals surface area contributed by atoms with Crippen LogP contribution in [-0.4, -0.2) is 17.7 Å². The van der Waals surface area contributed by atoms with E-state index in [-0.39, 0.29) is 11.8 Å². The van der Waals surface area contributed by atoms with Gasteiger partial charge in [-0.3, -0.25) is 4.79 Å². The van der Waals surface area contributed by atoms with Gasteiger partial charge in [-0.1, -0.05) is 33.3 Å². The van der Waals surface area contributed by atoms with E-state index >= 15 is 0 Å². The number of carbonyl (C=O) groups excluding carboxylic acids is 1. The molecule has 0 saturated carbocycles. The lowest BCUT2D eigenvalue weighted by atomic mass is 9.99. The summed E-state index contributed by atoms with van der Waals surface area (Å²) >= 11 is 1.75. The lowest BCUT2D eigenvalue weighted by Crippen LogP contribution is -2.40. The van der Waals surface area contributed by atoms with Crippen molar-refractivity contribution < 1.29 is 4.79 Å². The molecule has 100 valence electrons. The lowest BCUT2D eigenvalue weighted by molar-refractivity contribution is -0.118. The summed E-state index contributed by atoms with van der Waals surface area (Å²) in [7, 11) is 0. The summed E-state index contributed by atoms with van der Waals surface area (Å²) in [5.74, 6) is 1.10. The third-order valence-electron chi connectivity index (χ3n) is 2.97. The highest BCUT2D eigenvalue weighted by Gasteiger charge is 2.19. The SMILES string of the molecule is CCSc1cccc(NC(=O)C(N)C(C)CC)c1. The molecule has 2 atom stereocenters. The van der Waals surface area contributed by atoms with Gasteiger partial charge in [0.2, 0.25) is 5.91 Å². The first-order valence-electron chi connectivity index (χ1n) is 6.37. The maximum absolute atomic E-state index is 11.9. The summed E-state index contributed by atoms with van der Waals surface area (Å²) in [6, 6.07) is 7.41. The minimum Gasteiger partial charge on any atom is -0.325 e. The highest BCUT2D eigenvalue weighted by atomic mass is 32.2. The number of anilines is 1. The summed E-state index contributed by atoms with van der Waals surface area (Å²) in [6.45, 7) is 6.14. The molecule has 0 spiro atoms. The van der Waals surface area contributed by atoms with Crippen LogP contribution in [0.4, 0.5) is 5.69 Å². The number of amides is 1. The van der Waals surface area contributed by atoms with Gasteiger partial charge in [0.05, 0.1) is 6.04 Å². The van der Waals surface area contributed by atoms with Gasteiger partial charge in [-0.2, -0.15) is 0 Å². The third-order valence-corrected chi connectivity index (χ3v) is 3.85. The van der Waals surface area contributed by atoms with Gasteiger partial charge in [-0.25, -0.2) is 0 Å². The van der Waals surface area contributed by atoms with E-state index in [1.54, 1.807) is 11.8 Å². The Morgan fingerprint density at radius 1 is 1.44 bits per heavy atom. The first-order chi connectivity index (χ1) is 8.58. The fourth-order valence-electron chi connectivity index (χ4n) is 1.57. The second-order valence-electron chi connectivity index (χ2n) is 4.36. The minimum atomic E-state index is -0.447. The molecule has 3 N–H and O–H groups in total. The van der Waals surface area contributed by atoms with Gasteiger partial charge >= 0.3 is 0 Å². The summed E-state index contributed by atoms with van der Waals surface area (Å²) in [6.07, 6.45) is 0.903. The Hall–Kier alpha value is -1.00. The zero-order valence-electron chi connectivity index (χ0n) is 11.3. The van der Waals surface area contributed by atoms with Crippen molar-refractivity contribution in [3.05, 3.63) is 24.3 Å². The van der Waals surface area contributed by atoms with Crippen molar-refractivity contribution in [1.82, 2.24) is 0 Å². The molecule has 3 nitrogen and oxygen atoms in total. The Morgan fingerprint density at radius 2 is 2.17 bits per heavy atom. The number of nitrogens with one attached hydrogen (secondary N) is 1. The number of hydrogen-bond acceptors (Lipinski definition) is 3. The number of thioether (sulfide) groups is 1. The molecule has 2 unspecified atom stereocenters. The Labute approximate surface area is 114 Å². The van der Waals surface area contributed by atoms with Gasteiger partial charge in [0.15, 0.2) is 0 Å². The average Bonchev–Trinajstić information content (AvgIpc) is 2.37. The first-order valence-corrected chi connectivity index (χ1v) is 7.36. The smallest absolute Gasteiger partial charge is 0.241 e. The molecule has 0 heterocycles. The molecule has 0 aromatic heterocycles. The number of hydrogen-bond donors (Lipinski definition) is 2. The average molecular weight is 266 g/mol. The van der Waals surface area contributed by atoms with E-state index in [0.717, 1.165) is 22.8 Å². The summed E-state index contributed by atoms with van der Waals surface area (Å²) in [5.41, 5.74) is 6.72. The van der Waals surface area contributed by atoms with Crippen LogP contribution in [0.5, 0.6) is 0 Å². The normalized spacial score (nSPS) is 14.0. The maximum Gasteiger partial charge on any atom is 0.241 e. The second kappa shape index (κ2) is 7.44. The Morgan fingerprint density at radius 3 is 2.78 bits per heavy atom. The molecule has 4 heteroatoms. The Bertz CT molecular complexity index is 395. The topological polar surface area (TPSA) is 55.1 Å². The van der Waals surface area contributed by atoms with Gasteiger partial charge < -0.3 is 11.1 Å². The molecule has 0 radical (unpaired) electrons.